The number of aromatic nitrogens is 1. The molecule has 0 unspecified atom stereocenters. The summed E-state index contributed by atoms with van der Waals surface area (Å²) in [6, 6.07) is 2.87. The second kappa shape index (κ2) is 5.73. The van der Waals surface area contributed by atoms with E-state index in [-0.39, 0.29) is 12.1 Å². The topological polar surface area (TPSA) is 48.3 Å². The number of carbonyl (C=O) groups is 1. The maximum absolute atomic E-state index is 12.7. The minimum Gasteiger partial charge on any atom is -0.466 e. The molecule has 0 saturated heterocycles. The van der Waals surface area contributed by atoms with Crippen LogP contribution in [0, 0.1) is 0 Å². The standard InChI is InChI=1S/C12H12F3NO3/c1-8(11(18)19-2)6-7-16-9(12(13,14)15)4-3-5-10(16)17/h3-6H,7H2,1-2H3/b8-6+. The Hall–Kier alpha value is -2.05. The molecule has 19 heavy (non-hydrogen) atoms. The van der Waals surface area contributed by atoms with E-state index < -0.39 is 23.4 Å². The molecule has 0 radical (unpaired) electrons. The number of hydrogen-bond acceptors (Lipinski definition) is 3. The highest BCUT2D eigenvalue weighted by atomic mass is 19.4. The van der Waals surface area contributed by atoms with E-state index in [4.69, 9.17) is 0 Å². The van der Waals surface area contributed by atoms with Crippen molar-refractivity contribution in [3.8, 4) is 0 Å². The Labute approximate surface area is 107 Å². The van der Waals surface area contributed by atoms with E-state index in [1.807, 2.05) is 0 Å². The number of carbonyl (C=O) groups excluding carboxylic acids is 1. The fourth-order valence-corrected chi connectivity index (χ4v) is 1.43. The molecule has 0 aliphatic heterocycles. The summed E-state index contributed by atoms with van der Waals surface area (Å²) in [5.41, 5.74) is -1.72. The highest BCUT2D eigenvalue weighted by Gasteiger charge is 2.33. The lowest BCUT2D eigenvalue weighted by atomic mass is 10.2. The van der Waals surface area contributed by atoms with Gasteiger partial charge in [-0.25, -0.2) is 4.79 Å². The minimum atomic E-state index is -4.63. The summed E-state index contributed by atoms with van der Waals surface area (Å²) < 4.78 is 43.1. The van der Waals surface area contributed by atoms with Gasteiger partial charge < -0.3 is 9.30 Å². The number of rotatable bonds is 3. The molecule has 0 fully saturated rings. The van der Waals surface area contributed by atoms with Crippen LogP contribution >= 0.6 is 0 Å². The number of nitrogens with zero attached hydrogens (tertiary/aromatic N) is 1. The van der Waals surface area contributed by atoms with Crippen molar-refractivity contribution in [1.82, 2.24) is 4.57 Å². The molecule has 0 aliphatic carbocycles. The number of halogens is 3. The smallest absolute Gasteiger partial charge is 0.431 e. The van der Waals surface area contributed by atoms with E-state index in [1.54, 1.807) is 0 Å². The molecule has 0 bridgehead atoms. The van der Waals surface area contributed by atoms with Crippen LogP contribution in [0.4, 0.5) is 13.2 Å². The Morgan fingerprint density at radius 3 is 2.58 bits per heavy atom. The molecule has 1 heterocycles. The second-order valence-electron chi connectivity index (χ2n) is 3.74. The van der Waals surface area contributed by atoms with E-state index >= 15 is 0 Å². The molecular weight excluding hydrogens is 263 g/mol. The van der Waals surface area contributed by atoms with Crippen molar-refractivity contribution >= 4 is 5.97 Å². The van der Waals surface area contributed by atoms with Crippen molar-refractivity contribution in [2.24, 2.45) is 0 Å². The monoisotopic (exact) mass is 275 g/mol. The fraction of sp³-hybridized carbons (Fsp3) is 0.333. The average Bonchev–Trinajstić information content (AvgIpc) is 2.34. The molecule has 0 spiro atoms. The van der Waals surface area contributed by atoms with Gasteiger partial charge in [-0.3, -0.25) is 4.79 Å². The van der Waals surface area contributed by atoms with Gasteiger partial charge in [-0.05, 0) is 13.0 Å². The van der Waals surface area contributed by atoms with E-state index in [0.717, 1.165) is 25.3 Å². The van der Waals surface area contributed by atoms with E-state index in [9.17, 15) is 22.8 Å². The molecule has 1 aromatic heterocycles. The van der Waals surface area contributed by atoms with Crippen LogP contribution in [0.3, 0.4) is 0 Å². The number of ether oxygens (including phenoxy) is 1. The Balaban J connectivity index is 3.15. The summed E-state index contributed by atoms with van der Waals surface area (Å²) in [7, 11) is 1.16. The zero-order chi connectivity index (χ0) is 14.6. The van der Waals surface area contributed by atoms with Gasteiger partial charge in [0, 0.05) is 18.2 Å². The molecule has 0 saturated carbocycles. The first kappa shape index (κ1) is 15.0. The zero-order valence-electron chi connectivity index (χ0n) is 10.3. The predicted molar refractivity (Wildman–Crippen MR) is 61.5 cm³/mol. The summed E-state index contributed by atoms with van der Waals surface area (Å²) in [5, 5.41) is 0. The first-order valence-electron chi connectivity index (χ1n) is 5.29. The summed E-state index contributed by atoms with van der Waals surface area (Å²) in [4.78, 5) is 22.6. The lowest BCUT2D eigenvalue weighted by Gasteiger charge is -2.13. The normalized spacial score (nSPS) is 12.4. The summed E-state index contributed by atoms with van der Waals surface area (Å²) in [6.45, 7) is 1.04. The van der Waals surface area contributed by atoms with E-state index in [1.165, 1.54) is 13.0 Å². The molecule has 4 nitrogen and oxygen atoms in total. The van der Waals surface area contributed by atoms with Gasteiger partial charge >= 0.3 is 12.1 Å². The molecule has 0 amide bonds. The van der Waals surface area contributed by atoms with Gasteiger partial charge in [-0.2, -0.15) is 13.2 Å². The van der Waals surface area contributed by atoms with Gasteiger partial charge in [0.15, 0.2) is 0 Å². The molecule has 1 aromatic rings. The van der Waals surface area contributed by atoms with Crippen LogP contribution in [0.1, 0.15) is 12.6 Å². The molecule has 0 N–H and O–H groups in total. The lowest BCUT2D eigenvalue weighted by molar-refractivity contribution is -0.144. The number of hydrogen-bond donors (Lipinski definition) is 0. The number of esters is 1. The van der Waals surface area contributed by atoms with Crippen LogP contribution < -0.4 is 5.56 Å². The third-order valence-corrected chi connectivity index (χ3v) is 2.43. The SMILES string of the molecule is COC(=O)/C(C)=C/Cn1c(C(F)(F)F)cccc1=O. The average molecular weight is 275 g/mol. The maximum atomic E-state index is 12.7. The van der Waals surface area contributed by atoms with Crippen molar-refractivity contribution in [2.45, 2.75) is 19.6 Å². The van der Waals surface area contributed by atoms with Crippen molar-refractivity contribution in [3.63, 3.8) is 0 Å². The Morgan fingerprint density at radius 1 is 1.42 bits per heavy atom. The quantitative estimate of drug-likeness (QED) is 0.626. The predicted octanol–water partition coefficient (Wildman–Crippen LogP) is 1.99. The van der Waals surface area contributed by atoms with Crippen LogP contribution in [0.2, 0.25) is 0 Å². The van der Waals surface area contributed by atoms with Crippen molar-refractivity contribution in [1.29, 1.82) is 0 Å². The fourth-order valence-electron chi connectivity index (χ4n) is 1.43. The Bertz CT molecular complexity index is 558. The van der Waals surface area contributed by atoms with E-state index in [0.29, 0.717) is 4.57 Å². The zero-order valence-corrected chi connectivity index (χ0v) is 10.3. The lowest BCUT2D eigenvalue weighted by Crippen LogP contribution is -2.26. The van der Waals surface area contributed by atoms with Crippen LogP contribution in [-0.4, -0.2) is 17.6 Å². The molecule has 104 valence electrons. The number of methoxy groups -OCH3 is 1. The maximum Gasteiger partial charge on any atom is 0.431 e. The van der Waals surface area contributed by atoms with Gasteiger partial charge in [0.25, 0.3) is 5.56 Å². The van der Waals surface area contributed by atoms with E-state index in [2.05, 4.69) is 4.74 Å². The Kier molecular flexibility index (Phi) is 4.52. The molecule has 0 atom stereocenters. The summed E-state index contributed by atoms with van der Waals surface area (Å²) in [6.07, 6.45) is -3.42. The molecule has 1 rings (SSSR count). The largest absolute Gasteiger partial charge is 0.466 e. The molecule has 7 heteroatoms. The highest BCUT2D eigenvalue weighted by Crippen LogP contribution is 2.28. The molecular formula is C12H12F3NO3. The van der Waals surface area contributed by atoms with Gasteiger partial charge in [0.2, 0.25) is 0 Å². The highest BCUT2D eigenvalue weighted by molar-refractivity contribution is 5.87. The third-order valence-electron chi connectivity index (χ3n) is 2.43. The molecule has 0 aliphatic rings. The third kappa shape index (κ3) is 3.70. The number of pyridine rings is 1. The van der Waals surface area contributed by atoms with Crippen LogP contribution in [0.25, 0.3) is 0 Å². The second-order valence-corrected chi connectivity index (χ2v) is 3.74. The first-order valence-corrected chi connectivity index (χ1v) is 5.29. The van der Waals surface area contributed by atoms with Crippen LogP contribution in [0.5, 0.6) is 0 Å². The van der Waals surface area contributed by atoms with Gasteiger partial charge in [0.05, 0.1) is 7.11 Å². The van der Waals surface area contributed by atoms with Crippen LogP contribution in [0.15, 0.2) is 34.6 Å². The van der Waals surface area contributed by atoms with Gasteiger partial charge in [0.1, 0.15) is 5.69 Å². The van der Waals surface area contributed by atoms with Gasteiger partial charge in [-0.15, -0.1) is 0 Å². The van der Waals surface area contributed by atoms with Crippen molar-refractivity contribution < 1.29 is 22.7 Å². The van der Waals surface area contributed by atoms with Crippen molar-refractivity contribution in [3.05, 3.63) is 45.9 Å². The van der Waals surface area contributed by atoms with Crippen molar-refractivity contribution in [2.75, 3.05) is 7.11 Å². The number of allylic oxidation sites excluding steroid dienone is 1. The Morgan fingerprint density at radius 2 is 2.05 bits per heavy atom. The van der Waals surface area contributed by atoms with Gasteiger partial charge in [-0.1, -0.05) is 12.1 Å². The minimum absolute atomic E-state index is 0.131. The molecule has 0 aromatic carbocycles. The summed E-state index contributed by atoms with van der Waals surface area (Å²) >= 11 is 0. The summed E-state index contributed by atoms with van der Waals surface area (Å²) in [5.74, 6) is -0.655. The van der Waals surface area contributed by atoms with Crippen LogP contribution in [-0.2, 0) is 22.3 Å². The first-order chi connectivity index (χ1) is 8.77. The number of alkyl halides is 3.